The average Bonchev–Trinajstić information content (AvgIpc) is 2.84. The van der Waals surface area contributed by atoms with Crippen LogP contribution in [0.2, 0.25) is 0 Å². The van der Waals surface area contributed by atoms with Crippen LogP contribution in [-0.4, -0.2) is 41.0 Å². The molecule has 1 aliphatic rings. The van der Waals surface area contributed by atoms with Crippen molar-refractivity contribution in [3.8, 4) is 0 Å². The first-order chi connectivity index (χ1) is 9.58. The predicted molar refractivity (Wildman–Crippen MR) is 84.1 cm³/mol. The van der Waals surface area contributed by atoms with Gasteiger partial charge < -0.3 is 5.32 Å². The molecule has 1 saturated heterocycles. The van der Waals surface area contributed by atoms with Crippen molar-refractivity contribution in [1.29, 1.82) is 0 Å². The van der Waals surface area contributed by atoms with Crippen LogP contribution in [0.5, 0.6) is 0 Å². The summed E-state index contributed by atoms with van der Waals surface area (Å²) in [7, 11) is 0. The fraction of sp³-hybridized carbons (Fsp3) is 0.625. The van der Waals surface area contributed by atoms with Crippen molar-refractivity contribution in [1.82, 2.24) is 14.9 Å². The lowest BCUT2D eigenvalue weighted by atomic mass is 10.1. The number of nitrogens with one attached hydrogen (secondary N) is 1. The van der Waals surface area contributed by atoms with E-state index in [9.17, 15) is 0 Å². The van der Waals surface area contributed by atoms with Gasteiger partial charge in [0.15, 0.2) is 0 Å². The summed E-state index contributed by atoms with van der Waals surface area (Å²) in [4.78, 5) is 11.4. The minimum Gasteiger partial charge on any atom is -0.370 e. The van der Waals surface area contributed by atoms with Gasteiger partial charge in [-0.05, 0) is 31.7 Å². The Labute approximate surface area is 122 Å². The molecule has 1 atom stereocenters. The van der Waals surface area contributed by atoms with E-state index in [0.29, 0.717) is 11.8 Å². The Morgan fingerprint density at radius 1 is 1.50 bits per heavy atom. The molecule has 2 rings (SSSR count). The van der Waals surface area contributed by atoms with Crippen LogP contribution in [0.15, 0.2) is 18.7 Å². The van der Waals surface area contributed by atoms with E-state index in [4.69, 9.17) is 0 Å². The Morgan fingerprint density at radius 2 is 2.30 bits per heavy atom. The Morgan fingerprint density at radius 3 is 3.00 bits per heavy atom. The number of hydrogen-bond acceptors (Lipinski definition) is 4. The fourth-order valence-electron chi connectivity index (χ4n) is 2.65. The number of hydrogen-bond donors (Lipinski definition) is 1. The van der Waals surface area contributed by atoms with Gasteiger partial charge in [0.2, 0.25) is 0 Å². The molecule has 0 saturated carbocycles. The molecule has 1 aliphatic heterocycles. The van der Waals surface area contributed by atoms with Crippen molar-refractivity contribution in [2.75, 3.05) is 31.5 Å². The van der Waals surface area contributed by atoms with E-state index in [0.717, 1.165) is 37.0 Å². The van der Waals surface area contributed by atoms with Crippen LogP contribution < -0.4 is 5.32 Å². The highest BCUT2D eigenvalue weighted by molar-refractivity contribution is 5.37. The van der Waals surface area contributed by atoms with Crippen molar-refractivity contribution in [2.45, 2.75) is 33.1 Å². The Balaban J connectivity index is 1.89. The highest BCUT2D eigenvalue weighted by atomic mass is 15.1. The maximum absolute atomic E-state index is 4.48. The second-order valence-corrected chi connectivity index (χ2v) is 5.96. The van der Waals surface area contributed by atoms with E-state index >= 15 is 0 Å². The first-order valence-electron chi connectivity index (χ1n) is 7.51. The Hall–Kier alpha value is -1.42. The summed E-state index contributed by atoms with van der Waals surface area (Å²) in [6.45, 7) is 14.4. The molecule has 0 amide bonds. The van der Waals surface area contributed by atoms with Gasteiger partial charge in [0.05, 0.1) is 0 Å². The molecule has 1 aromatic rings. The van der Waals surface area contributed by atoms with Gasteiger partial charge in [-0.25, -0.2) is 9.97 Å². The molecule has 110 valence electrons. The monoisotopic (exact) mass is 274 g/mol. The largest absolute Gasteiger partial charge is 0.370 e. The molecule has 0 radical (unpaired) electrons. The normalized spacial score (nSPS) is 19.5. The number of aromatic nitrogens is 2. The first kappa shape index (κ1) is 15.0. The number of rotatable bonds is 6. The zero-order chi connectivity index (χ0) is 14.5. The molecule has 4 heteroatoms. The van der Waals surface area contributed by atoms with E-state index < -0.39 is 0 Å². The third-order valence-electron chi connectivity index (χ3n) is 3.78. The predicted octanol–water partition coefficient (Wildman–Crippen LogP) is 2.83. The maximum atomic E-state index is 4.48. The van der Waals surface area contributed by atoms with Crippen LogP contribution in [0.25, 0.3) is 0 Å². The van der Waals surface area contributed by atoms with Crippen LogP contribution in [0.3, 0.4) is 0 Å². The highest BCUT2D eigenvalue weighted by Gasteiger charge is 2.21. The van der Waals surface area contributed by atoms with Gasteiger partial charge in [-0.2, -0.15) is 0 Å². The summed E-state index contributed by atoms with van der Waals surface area (Å²) in [6, 6.07) is 2.08. The summed E-state index contributed by atoms with van der Waals surface area (Å²) in [5, 5.41) is 3.48. The van der Waals surface area contributed by atoms with E-state index in [1.165, 1.54) is 13.0 Å². The van der Waals surface area contributed by atoms with E-state index in [1.807, 2.05) is 13.0 Å². The minimum absolute atomic E-state index is 0.437. The van der Waals surface area contributed by atoms with Gasteiger partial charge in [0.25, 0.3) is 0 Å². The van der Waals surface area contributed by atoms with Crippen LogP contribution in [-0.2, 0) is 0 Å². The van der Waals surface area contributed by atoms with Gasteiger partial charge in [-0.15, -0.1) is 6.58 Å². The highest BCUT2D eigenvalue weighted by Crippen LogP contribution is 2.18. The second kappa shape index (κ2) is 6.84. The van der Waals surface area contributed by atoms with Crippen molar-refractivity contribution in [2.24, 2.45) is 5.92 Å². The second-order valence-electron chi connectivity index (χ2n) is 5.96. The summed E-state index contributed by atoms with van der Waals surface area (Å²) in [5.41, 5.74) is 1.11. The van der Waals surface area contributed by atoms with Gasteiger partial charge in [0.1, 0.15) is 11.6 Å². The third-order valence-corrected chi connectivity index (χ3v) is 3.78. The van der Waals surface area contributed by atoms with E-state index in [2.05, 4.69) is 46.7 Å². The van der Waals surface area contributed by atoms with Crippen molar-refractivity contribution in [3.63, 3.8) is 0 Å². The molecule has 2 heterocycles. The zero-order valence-corrected chi connectivity index (χ0v) is 12.9. The topological polar surface area (TPSA) is 41.0 Å². The van der Waals surface area contributed by atoms with Crippen molar-refractivity contribution < 1.29 is 0 Å². The smallest absolute Gasteiger partial charge is 0.129 e. The van der Waals surface area contributed by atoms with Gasteiger partial charge in [-0.3, -0.25) is 4.90 Å². The summed E-state index contributed by atoms with van der Waals surface area (Å²) < 4.78 is 0. The number of aryl methyl sites for hydroxylation is 1. The summed E-state index contributed by atoms with van der Waals surface area (Å²) in [5.74, 6) is 2.95. The minimum atomic E-state index is 0.437. The molecule has 1 unspecified atom stereocenters. The fourth-order valence-corrected chi connectivity index (χ4v) is 2.65. The molecular weight excluding hydrogens is 248 g/mol. The van der Waals surface area contributed by atoms with Crippen LogP contribution in [0.1, 0.15) is 37.7 Å². The molecule has 1 fully saturated rings. The first-order valence-corrected chi connectivity index (χ1v) is 7.51. The maximum Gasteiger partial charge on any atom is 0.129 e. The standard InChI is InChI=1S/C16H26N4/c1-5-7-20-8-6-14(11-20)10-17-16-9-15(12(2)3)18-13(4)19-16/h5,9,12,14H,1,6-8,10-11H2,2-4H3,(H,17,18,19). The van der Waals surface area contributed by atoms with Gasteiger partial charge in [-0.1, -0.05) is 19.9 Å². The molecule has 20 heavy (non-hydrogen) atoms. The lowest BCUT2D eigenvalue weighted by Crippen LogP contribution is -2.23. The molecule has 4 nitrogen and oxygen atoms in total. The number of nitrogens with zero attached hydrogens (tertiary/aromatic N) is 3. The molecule has 1 aromatic heterocycles. The lowest BCUT2D eigenvalue weighted by molar-refractivity contribution is 0.362. The molecule has 0 bridgehead atoms. The van der Waals surface area contributed by atoms with Crippen LogP contribution >= 0.6 is 0 Å². The van der Waals surface area contributed by atoms with Crippen LogP contribution in [0.4, 0.5) is 5.82 Å². The molecule has 0 aliphatic carbocycles. The van der Waals surface area contributed by atoms with Crippen LogP contribution in [0, 0.1) is 12.8 Å². The quantitative estimate of drug-likeness (QED) is 0.810. The third kappa shape index (κ3) is 4.04. The molecular formula is C16H26N4. The summed E-state index contributed by atoms with van der Waals surface area (Å²) >= 11 is 0. The van der Waals surface area contributed by atoms with E-state index in [-0.39, 0.29) is 0 Å². The average molecular weight is 274 g/mol. The van der Waals surface area contributed by atoms with E-state index in [1.54, 1.807) is 0 Å². The zero-order valence-electron chi connectivity index (χ0n) is 12.9. The van der Waals surface area contributed by atoms with Crippen molar-refractivity contribution >= 4 is 5.82 Å². The van der Waals surface area contributed by atoms with Gasteiger partial charge >= 0.3 is 0 Å². The van der Waals surface area contributed by atoms with Gasteiger partial charge in [0, 0.05) is 31.4 Å². The van der Waals surface area contributed by atoms with Crippen molar-refractivity contribution in [3.05, 3.63) is 30.2 Å². The molecule has 0 aromatic carbocycles. The lowest BCUT2D eigenvalue weighted by Gasteiger charge is -2.15. The molecule has 1 N–H and O–H groups in total. The SMILES string of the molecule is C=CCN1CCC(CNc2cc(C(C)C)nc(C)n2)C1. The summed E-state index contributed by atoms with van der Waals surface area (Å²) in [6.07, 6.45) is 3.24. The number of anilines is 1. The molecule has 0 spiro atoms. The number of likely N-dealkylation sites (tertiary alicyclic amines) is 1. The Kier molecular flexibility index (Phi) is 5.12. The Bertz CT molecular complexity index is 456.